The second-order valence-corrected chi connectivity index (χ2v) is 15.3. The number of Topliss-reactive ketones (excluding diaryl/α,β-unsaturated/α-hetero) is 2. The number of aliphatic hydroxyl groups is 1. The van der Waals surface area contributed by atoms with Gasteiger partial charge in [0.25, 0.3) is 5.67 Å². The van der Waals surface area contributed by atoms with E-state index >= 15 is 4.39 Å². The Balaban J connectivity index is 2.15. The average Bonchev–Trinajstić information content (AvgIpc) is 3.33. The van der Waals surface area contributed by atoms with E-state index < -0.39 is 83.1 Å². The molecule has 0 aromatic heterocycles. The van der Waals surface area contributed by atoms with Crippen molar-refractivity contribution in [2.24, 2.45) is 22.9 Å². The molecular formula is C35H58FN5O10. The Morgan fingerprint density at radius 1 is 1.10 bits per heavy atom. The van der Waals surface area contributed by atoms with Crippen molar-refractivity contribution in [1.82, 2.24) is 9.80 Å². The maximum Gasteiger partial charge on any atom is 0.410 e. The van der Waals surface area contributed by atoms with Crippen LogP contribution >= 0.6 is 0 Å². The summed E-state index contributed by atoms with van der Waals surface area (Å²) < 4.78 is 46.8. The molecule has 0 aliphatic carbocycles. The number of unbranched alkanes of at least 4 members (excludes halogenated alkanes) is 1. The van der Waals surface area contributed by atoms with Crippen LogP contribution in [0.2, 0.25) is 0 Å². The quantitative estimate of drug-likeness (QED) is 0.0840. The minimum Gasteiger partial charge on any atom is -0.455 e. The molecule has 0 spiro atoms. The number of esters is 1. The van der Waals surface area contributed by atoms with Crippen molar-refractivity contribution < 1.29 is 52.4 Å². The first-order valence-corrected chi connectivity index (χ1v) is 17.9. The number of hydrogen-bond acceptors (Lipinski definition) is 12. The molecule has 1 unspecified atom stereocenters. The molecular weight excluding hydrogens is 669 g/mol. The number of likely N-dealkylation sites (N-methyl/N-ethyl adjacent to an activating group) is 1. The highest BCUT2D eigenvalue weighted by molar-refractivity contribution is 6.08. The molecule has 3 aliphatic rings. The number of fused-ring (bicyclic) bond motifs is 1. The lowest BCUT2D eigenvalue weighted by molar-refractivity contribution is -0.295. The molecule has 3 heterocycles. The monoisotopic (exact) mass is 727 g/mol. The molecule has 3 aliphatic heterocycles. The van der Waals surface area contributed by atoms with Gasteiger partial charge in [-0.1, -0.05) is 32.8 Å². The maximum atomic E-state index is 16.7. The average molecular weight is 728 g/mol. The van der Waals surface area contributed by atoms with Gasteiger partial charge in [0.05, 0.1) is 23.9 Å². The fourth-order valence-electron chi connectivity index (χ4n) is 8.22. The maximum absolute atomic E-state index is 16.7. The van der Waals surface area contributed by atoms with Gasteiger partial charge in [0, 0.05) is 48.9 Å². The second-order valence-electron chi connectivity index (χ2n) is 15.3. The molecule has 3 saturated heterocycles. The molecule has 13 atom stereocenters. The Hall–Kier alpha value is -2.88. The number of azide groups is 1. The fourth-order valence-corrected chi connectivity index (χ4v) is 8.22. The summed E-state index contributed by atoms with van der Waals surface area (Å²) in [6, 6.07) is -1.31. The minimum atomic E-state index is -3.18. The van der Waals surface area contributed by atoms with E-state index in [1.54, 1.807) is 34.6 Å². The molecule has 15 nitrogen and oxygen atoms in total. The van der Waals surface area contributed by atoms with E-state index in [4.69, 9.17) is 29.2 Å². The van der Waals surface area contributed by atoms with Gasteiger partial charge < -0.3 is 38.6 Å². The van der Waals surface area contributed by atoms with Crippen molar-refractivity contribution in [2.75, 3.05) is 34.3 Å². The van der Waals surface area contributed by atoms with Gasteiger partial charge in [-0.2, -0.15) is 0 Å². The van der Waals surface area contributed by atoms with Gasteiger partial charge in [-0.15, -0.1) is 0 Å². The Kier molecular flexibility index (Phi) is 14.1. The smallest absolute Gasteiger partial charge is 0.410 e. The number of cyclic esters (lactones) is 1. The number of methoxy groups -OCH3 is 1. The number of hydrogen-bond donors (Lipinski definition) is 1. The Bertz CT molecular complexity index is 1330. The minimum absolute atomic E-state index is 0.0144. The number of carbonyl (C=O) groups excluding carboxylic acids is 4. The van der Waals surface area contributed by atoms with E-state index in [0.717, 1.165) is 6.92 Å². The summed E-state index contributed by atoms with van der Waals surface area (Å²) in [5.74, 6) is -5.88. The van der Waals surface area contributed by atoms with Gasteiger partial charge in [-0.25, -0.2) is 14.0 Å². The molecule has 290 valence electrons. The van der Waals surface area contributed by atoms with Crippen molar-refractivity contribution in [2.45, 2.75) is 147 Å². The molecule has 1 amide bonds. The summed E-state index contributed by atoms with van der Waals surface area (Å²) in [6.07, 6.45) is -4.59. The predicted molar refractivity (Wildman–Crippen MR) is 183 cm³/mol. The highest BCUT2D eigenvalue weighted by atomic mass is 19.1. The molecule has 0 radical (unpaired) electrons. The molecule has 0 aromatic rings. The lowest BCUT2D eigenvalue weighted by Gasteiger charge is -2.47. The van der Waals surface area contributed by atoms with Crippen LogP contribution in [0.5, 0.6) is 0 Å². The Labute approximate surface area is 300 Å². The Morgan fingerprint density at radius 3 is 2.31 bits per heavy atom. The lowest BCUT2D eigenvalue weighted by Crippen LogP contribution is -2.61. The van der Waals surface area contributed by atoms with Crippen LogP contribution in [0.25, 0.3) is 10.4 Å². The third-order valence-electron chi connectivity index (χ3n) is 11.2. The van der Waals surface area contributed by atoms with Crippen LogP contribution < -0.4 is 0 Å². The number of alkyl halides is 1. The van der Waals surface area contributed by atoms with E-state index in [-0.39, 0.29) is 43.9 Å². The van der Waals surface area contributed by atoms with Gasteiger partial charge in [-0.05, 0) is 79.4 Å². The standard InChI is InChI=1S/C35H58FN5O10/c1-12-24-35(8)27(41(32(46)51-35)16-14-13-15-38-39-37)21(4)25(42)19(2)18-33(6,47-11)29(22(5)28(44)34(7,36)31(45)49-24)50-30-26(43)23(40(9)10)17-20(3)48-30/h19-24,26-27,29-30,43H,12-18H2,1-11H3/t19-,20-,21+,22+,23+,24-,26-,27-,29-,30?,33+,34+,35-/m1/s1. The number of rotatable bonds is 10. The number of ether oxygens (including phenoxy) is 5. The predicted octanol–water partition coefficient (Wildman–Crippen LogP) is 4.37. The molecule has 1 N–H and O–H groups in total. The normalized spacial score (nSPS) is 41.4. The number of halogens is 1. The van der Waals surface area contributed by atoms with Crippen molar-refractivity contribution in [3.8, 4) is 0 Å². The van der Waals surface area contributed by atoms with Crippen molar-refractivity contribution >= 4 is 23.6 Å². The molecule has 51 heavy (non-hydrogen) atoms. The SMILES string of the molecule is CC[C@H]1OC(=O)[C@@](C)(F)C(=O)[C@H](C)[C@@H](OC2O[C@H](C)C[C@H](N(C)C)[C@H]2O)[C@@](C)(OC)C[C@@H](C)C(=O)[C@H](C)[C@H]2N(CCCCN=[N+]=[N-])C(=O)O[C@]12C. The van der Waals surface area contributed by atoms with Crippen LogP contribution in [-0.4, -0.2) is 132 Å². The Morgan fingerprint density at radius 2 is 1.75 bits per heavy atom. The van der Waals surface area contributed by atoms with Crippen molar-refractivity contribution in [3.63, 3.8) is 0 Å². The summed E-state index contributed by atoms with van der Waals surface area (Å²) in [4.78, 5) is 61.7. The van der Waals surface area contributed by atoms with Gasteiger partial charge in [0.15, 0.2) is 17.7 Å². The number of carbonyl (C=O) groups is 4. The summed E-state index contributed by atoms with van der Waals surface area (Å²) in [5, 5.41) is 14.9. The van der Waals surface area contributed by atoms with Gasteiger partial charge in [0.1, 0.15) is 18.0 Å². The van der Waals surface area contributed by atoms with E-state index in [0.29, 0.717) is 19.3 Å². The van der Waals surface area contributed by atoms with Crippen molar-refractivity contribution in [1.29, 1.82) is 0 Å². The van der Waals surface area contributed by atoms with Crippen LogP contribution in [0, 0.1) is 17.8 Å². The summed E-state index contributed by atoms with van der Waals surface area (Å²) >= 11 is 0. The van der Waals surface area contributed by atoms with Crippen LogP contribution in [0.4, 0.5) is 9.18 Å². The molecule has 0 aromatic carbocycles. The topological polar surface area (TPSA) is 190 Å². The van der Waals surface area contributed by atoms with E-state index in [2.05, 4.69) is 10.0 Å². The first kappa shape index (κ1) is 42.5. The highest BCUT2D eigenvalue weighted by Crippen LogP contribution is 2.43. The molecule has 3 fully saturated rings. The van der Waals surface area contributed by atoms with Crippen LogP contribution in [0.1, 0.15) is 87.5 Å². The number of ketones is 2. The first-order valence-electron chi connectivity index (χ1n) is 17.9. The zero-order valence-corrected chi connectivity index (χ0v) is 32.0. The molecule has 0 bridgehead atoms. The molecule has 3 rings (SSSR count). The highest BCUT2D eigenvalue weighted by Gasteiger charge is 2.61. The number of nitrogens with zero attached hydrogens (tertiary/aromatic N) is 5. The van der Waals surface area contributed by atoms with Crippen LogP contribution in [0.3, 0.4) is 0 Å². The third kappa shape index (κ3) is 8.68. The molecule has 16 heteroatoms. The first-order chi connectivity index (χ1) is 23.7. The van der Waals surface area contributed by atoms with Crippen LogP contribution in [0.15, 0.2) is 5.11 Å². The van der Waals surface area contributed by atoms with E-state index in [1.807, 2.05) is 25.9 Å². The number of aliphatic hydroxyl groups excluding tert-OH is 1. The second kappa shape index (κ2) is 16.9. The largest absolute Gasteiger partial charge is 0.455 e. The van der Waals surface area contributed by atoms with Crippen LogP contribution in [-0.2, 0) is 38.1 Å². The zero-order valence-electron chi connectivity index (χ0n) is 32.0. The van der Waals surface area contributed by atoms with E-state index in [1.165, 1.54) is 18.9 Å². The summed E-state index contributed by atoms with van der Waals surface area (Å²) in [6.45, 7) is 12.7. The molecule has 0 saturated carbocycles. The van der Waals surface area contributed by atoms with Crippen molar-refractivity contribution in [3.05, 3.63) is 10.4 Å². The summed E-state index contributed by atoms with van der Waals surface area (Å²) in [7, 11) is 5.01. The third-order valence-corrected chi connectivity index (χ3v) is 11.2. The van der Waals surface area contributed by atoms with Gasteiger partial charge >= 0.3 is 12.1 Å². The zero-order chi connectivity index (χ0) is 38.6. The van der Waals surface area contributed by atoms with Gasteiger partial charge in [-0.3, -0.25) is 9.59 Å². The van der Waals surface area contributed by atoms with Gasteiger partial charge in [0.2, 0.25) is 0 Å². The number of amides is 1. The lowest BCUT2D eigenvalue weighted by atomic mass is 9.73. The fraction of sp³-hybridized carbons (Fsp3) is 0.886. The summed E-state index contributed by atoms with van der Waals surface area (Å²) in [5.41, 5.74) is 2.42. The van der Waals surface area contributed by atoms with E-state index in [9.17, 15) is 24.3 Å².